The fourth-order valence-electron chi connectivity index (χ4n) is 1.62. The first-order valence-electron chi connectivity index (χ1n) is 5.34. The summed E-state index contributed by atoms with van der Waals surface area (Å²) in [4.78, 5) is 0. The number of aryl methyl sites for hydroxylation is 1. The zero-order chi connectivity index (χ0) is 12.3. The molecule has 0 spiro atoms. The number of rotatable bonds is 4. The lowest BCUT2D eigenvalue weighted by molar-refractivity contribution is 0.286. The van der Waals surface area contributed by atoms with Gasteiger partial charge in [-0.1, -0.05) is 19.1 Å². The molecule has 17 heavy (non-hydrogen) atoms. The van der Waals surface area contributed by atoms with Crippen molar-refractivity contribution in [1.29, 1.82) is 0 Å². The summed E-state index contributed by atoms with van der Waals surface area (Å²) in [6.07, 6.45) is 2.43. The van der Waals surface area contributed by atoms with Crippen LogP contribution in [0.1, 0.15) is 18.1 Å². The van der Waals surface area contributed by atoms with E-state index in [1.54, 1.807) is 18.3 Å². The molecule has 0 saturated heterocycles. The number of nitrogens with zero attached hydrogens (tertiary/aromatic N) is 2. The van der Waals surface area contributed by atoms with Crippen molar-refractivity contribution in [2.24, 2.45) is 0 Å². The molecule has 0 aliphatic carbocycles. The molecule has 1 aromatic carbocycles. The molecule has 1 heterocycles. The Morgan fingerprint density at radius 3 is 2.88 bits per heavy atom. The molecule has 0 bridgehead atoms. The quantitative estimate of drug-likeness (QED) is 0.847. The number of hydrogen-bond donors (Lipinski definition) is 1. The number of aromatic nitrogens is 2. The number of hydrogen-bond acceptors (Lipinski definition) is 3. The number of ether oxygens (including phenoxy) is 1. The Labute approximate surface area is 105 Å². The van der Waals surface area contributed by atoms with E-state index in [2.05, 4.69) is 17.9 Å². The molecule has 2 aromatic rings. The number of thiol groups is 1. The number of halogens is 1. The van der Waals surface area contributed by atoms with Gasteiger partial charge in [-0.15, -0.1) is 5.10 Å². The summed E-state index contributed by atoms with van der Waals surface area (Å²) in [5.41, 5.74) is 1.54. The molecular formula is C12H13FN2OS. The average molecular weight is 252 g/mol. The van der Waals surface area contributed by atoms with Crippen LogP contribution in [-0.2, 0) is 13.0 Å². The Bertz CT molecular complexity index is 513. The fraction of sp³-hybridized carbons (Fsp3) is 0.250. The molecule has 1 aromatic heterocycles. The molecular weight excluding hydrogens is 239 g/mol. The third-order valence-electron chi connectivity index (χ3n) is 2.51. The zero-order valence-electron chi connectivity index (χ0n) is 9.43. The predicted octanol–water partition coefficient (Wildman–Crippen LogP) is 2.86. The van der Waals surface area contributed by atoms with Crippen LogP contribution in [0.5, 0.6) is 5.88 Å². The topological polar surface area (TPSA) is 27.1 Å². The van der Waals surface area contributed by atoms with Crippen molar-refractivity contribution in [1.82, 2.24) is 9.19 Å². The summed E-state index contributed by atoms with van der Waals surface area (Å²) < 4.78 is 20.4. The lowest BCUT2D eigenvalue weighted by Crippen LogP contribution is -2.03. The van der Waals surface area contributed by atoms with Crippen LogP contribution in [0, 0.1) is 5.82 Å². The van der Waals surface area contributed by atoms with E-state index in [0.29, 0.717) is 11.4 Å². The van der Waals surface area contributed by atoms with Gasteiger partial charge in [0.15, 0.2) is 0 Å². The Hall–Kier alpha value is -1.49. The highest BCUT2D eigenvalue weighted by Gasteiger charge is 2.08. The molecule has 0 amide bonds. The second-order valence-corrected chi connectivity index (χ2v) is 4.00. The molecule has 90 valence electrons. The highest BCUT2D eigenvalue weighted by atomic mass is 32.1. The summed E-state index contributed by atoms with van der Waals surface area (Å²) in [6.45, 7) is 2.17. The van der Waals surface area contributed by atoms with E-state index >= 15 is 0 Å². The van der Waals surface area contributed by atoms with Gasteiger partial charge < -0.3 is 4.74 Å². The van der Waals surface area contributed by atoms with Crippen molar-refractivity contribution < 1.29 is 9.13 Å². The molecule has 0 atom stereocenters. The molecule has 5 heteroatoms. The van der Waals surface area contributed by atoms with E-state index in [1.807, 2.05) is 13.0 Å². The Morgan fingerprint density at radius 1 is 1.41 bits per heavy atom. The van der Waals surface area contributed by atoms with E-state index in [9.17, 15) is 4.39 Å². The van der Waals surface area contributed by atoms with E-state index in [0.717, 1.165) is 12.0 Å². The Kier molecular flexibility index (Phi) is 3.68. The van der Waals surface area contributed by atoms with Gasteiger partial charge in [0.1, 0.15) is 12.4 Å². The van der Waals surface area contributed by atoms with Gasteiger partial charge in [0.2, 0.25) is 5.88 Å². The number of benzene rings is 1. The minimum absolute atomic E-state index is 0.181. The van der Waals surface area contributed by atoms with E-state index in [4.69, 9.17) is 4.74 Å². The maximum Gasteiger partial charge on any atom is 0.234 e. The summed E-state index contributed by atoms with van der Waals surface area (Å²) >= 11 is 4.00. The maximum absolute atomic E-state index is 13.6. The molecule has 0 aliphatic heterocycles. The van der Waals surface area contributed by atoms with Crippen molar-refractivity contribution in [2.45, 2.75) is 20.0 Å². The molecule has 0 radical (unpaired) electrons. The third kappa shape index (κ3) is 2.79. The molecule has 0 fully saturated rings. The Morgan fingerprint density at radius 2 is 2.24 bits per heavy atom. The molecule has 0 N–H and O–H groups in total. The van der Waals surface area contributed by atoms with Crippen molar-refractivity contribution in [3.8, 4) is 5.88 Å². The average Bonchev–Trinajstić information content (AvgIpc) is 2.73. The van der Waals surface area contributed by atoms with Gasteiger partial charge in [0.05, 0.1) is 0 Å². The van der Waals surface area contributed by atoms with Crippen LogP contribution in [0.2, 0.25) is 0 Å². The lowest BCUT2D eigenvalue weighted by atomic mass is 10.1. The maximum atomic E-state index is 13.6. The standard InChI is InChI=1S/C12H13FN2OS/c1-2-9-4-3-5-11(13)10(9)8-16-12-6-7-15(17)14-12/h3-7,17H,2,8H2,1H3. The summed E-state index contributed by atoms with van der Waals surface area (Å²) in [5.74, 6) is 0.194. The van der Waals surface area contributed by atoms with Crippen LogP contribution in [0.15, 0.2) is 30.5 Å². The van der Waals surface area contributed by atoms with Gasteiger partial charge in [-0.2, -0.15) is 0 Å². The Balaban J connectivity index is 2.13. The van der Waals surface area contributed by atoms with Gasteiger partial charge >= 0.3 is 0 Å². The minimum Gasteiger partial charge on any atom is -0.472 e. The largest absolute Gasteiger partial charge is 0.472 e. The second-order valence-electron chi connectivity index (χ2n) is 3.59. The van der Waals surface area contributed by atoms with Gasteiger partial charge in [-0.05, 0) is 30.9 Å². The first-order chi connectivity index (χ1) is 8.20. The van der Waals surface area contributed by atoms with E-state index in [-0.39, 0.29) is 12.4 Å². The second kappa shape index (κ2) is 5.23. The minimum atomic E-state index is -0.241. The van der Waals surface area contributed by atoms with Gasteiger partial charge in [0.25, 0.3) is 0 Å². The van der Waals surface area contributed by atoms with Crippen LogP contribution < -0.4 is 4.74 Å². The van der Waals surface area contributed by atoms with E-state index in [1.165, 1.54) is 10.2 Å². The summed E-state index contributed by atoms with van der Waals surface area (Å²) in [5, 5.41) is 3.95. The molecule has 0 aliphatic rings. The van der Waals surface area contributed by atoms with Gasteiger partial charge in [0, 0.05) is 17.8 Å². The molecule has 0 saturated carbocycles. The predicted molar refractivity (Wildman–Crippen MR) is 66.7 cm³/mol. The van der Waals surface area contributed by atoms with Crippen LogP contribution in [0.4, 0.5) is 4.39 Å². The molecule has 0 unspecified atom stereocenters. The zero-order valence-corrected chi connectivity index (χ0v) is 10.3. The highest BCUT2D eigenvalue weighted by molar-refractivity contribution is 7.78. The van der Waals surface area contributed by atoms with E-state index < -0.39 is 0 Å². The fourth-order valence-corrected chi connectivity index (χ4v) is 1.77. The van der Waals surface area contributed by atoms with Crippen molar-refractivity contribution >= 4 is 12.8 Å². The van der Waals surface area contributed by atoms with Crippen molar-refractivity contribution in [2.75, 3.05) is 0 Å². The van der Waals surface area contributed by atoms with Crippen LogP contribution >= 0.6 is 12.8 Å². The lowest BCUT2D eigenvalue weighted by Gasteiger charge is -2.09. The third-order valence-corrected chi connectivity index (χ3v) is 2.74. The monoisotopic (exact) mass is 252 g/mol. The van der Waals surface area contributed by atoms with Gasteiger partial charge in [-0.25, -0.2) is 8.48 Å². The molecule has 2 rings (SSSR count). The summed E-state index contributed by atoms with van der Waals surface area (Å²) in [6, 6.07) is 6.73. The van der Waals surface area contributed by atoms with Crippen molar-refractivity contribution in [3.63, 3.8) is 0 Å². The first-order valence-corrected chi connectivity index (χ1v) is 5.74. The van der Waals surface area contributed by atoms with Crippen LogP contribution in [0.25, 0.3) is 0 Å². The normalized spacial score (nSPS) is 10.5. The van der Waals surface area contributed by atoms with Gasteiger partial charge in [-0.3, -0.25) is 0 Å². The van der Waals surface area contributed by atoms with Crippen LogP contribution in [-0.4, -0.2) is 9.19 Å². The molecule has 3 nitrogen and oxygen atoms in total. The summed E-state index contributed by atoms with van der Waals surface area (Å²) in [7, 11) is 0. The first kappa shape index (κ1) is 12.0. The van der Waals surface area contributed by atoms with Crippen LogP contribution in [0.3, 0.4) is 0 Å². The smallest absolute Gasteiger partial charge is 0.234 e. The SMILES string of the molecule is CCc1cccc(F)c1COc1ccn(S)n1. The van der Waals surface area contributed by atoms with Crippen molar-refractivity contribution in [3.05, 3.63) is 47.4 Å². The highest BCUT2D eigenvalue weighted by Crippen LogP contribution is 2.17.